The van der Waals surface area contributed by atoms with E-state index in [0.717, 1.165) is 5.39 Å². The van der Waals surface area contributed by atoms with E-state index in [0.29, 0.717) is 5.58 Å². The molecule has 2 aromatic rings. The van der Waals surface area contributed by atoms with Gasteiger partial charge in [0.15, 0.2) is 0 Å². The summed E-state index contributed by atoms with van der Waals surface area (Å²) in [5, 5.41) is 9.18. The zero-order valence-electron chi connectivity index (χ0n) is 10.9. The molecule has 0 radical (unpaired) electrons. The summed E-state index contributed by atoms with van der Waals surface area (Å²) in [5.41, 5.74) is 5.50. The third-order valence-corrected chi connectivity index (χ3v) is 2.53. The van der Waals surface area contributed by atoms with Crippen LogP contribution in [0.2, 0.25) is 0 Å². The van der Waals surface area contributed by atoms with Crippen LogP contribution in [0.1, 0.15) is 13.8 Å². The number of hydrogen-bond donors (Lipinski definition) is 2. The molecule has 2 rings (SSSR count). The molecular weight excluding hydrogens is 246 g/mol. The molecule has 0 saturated carbocycles. The fraction of sp³-hybridized carbons (Fsp3) is 0.286. The molecular formula is C14H17NO4. The van der Waals surface area contributed by atoms with Crippen LogP contribution < -0.4 is 11.4 Å². The number of carbonyl (C=O) groups is 1. The molecule has 0 aliphatic rings. The van der Waals surface area contributed by atoms with Gasteiger partial charge < -0.3 is 15.3 Å². The first kappa shape index (κ1) is 14.9. The van der Waals surface area contributed by atoms with E-state index < -0.39 is 12.0 Å². The van der Waals surface area contributed by atoms with Crippen molar-refractivity contribution in [1.82, 2.24) is 0 Å². The van der Waals surface area contributed by atoms with Gasteiger partial charge in [-0.1, -0.05) is 32.0 Å². The Bertz CT molecular complexity index is 603. The Labute approximate surface area is 110 Å². The first-order valence-electron chi connectivity index (χ1n) is 5.89. The standard InChI is InChI=1S/C9H6O2.C5H11NO2/c10-9-6-5-7-3-1-2-4-8(7)11-9;1-3(2)4(6)5(7)8/h1-6H;3-4H,6H2,1-2H3,(H,7,8)/t;4-/m.0/s1. The van der Waals surface area contributed by atoms with Crippen molar-refractivity contribution in [2.75, 3.05) is 0 Å². The smallest absolute Gasteiger partial charge is 0.336 e. The van der Waals surface area contributed by atoms with Gasteiger partial charge in [-0.25, -0.2) is 4.79 Å². The first-order valence-corrected chi connectivity index (χ1v) is 5.89. The van der Waals surface area contributed by atoms with Crippen molar-refractivity contribution in [3.63, 3.8) is 0 Å². The molecule has 102 valence electrons. The summed E-state index contributed by atoms with van der Waals surface area (Å²) in [6.07, 6.45) is 0. The molecule has 0 amide bonds. The molecule has 1 heterocycles. The number of nitrogens with two attached hydrogens (primary N) is 1. The molecule has 19 heavy (non-hydrogen) atoms. The Morgan fingerprint density at radius 2 is 1.84 bits per heavy atom. The summed E-state index contributed by atoms with van der Waals surface area (Å²) in [4.78, 5) is 20.7. The largest absolute Gasteiger partial charge is 0.480 e. The zero-order valence-corrected chi connectivity index (χ0v) is 10.9. The van der Waals surface area contributed by atoms with Gasteiger partial charge >= 0.3 is 11.6 Å². The second-order valence-electron chi connectivity index (χ2n) is 4.40. The van der Waals surface area contributed by atoms with Crippen LogP contribution in [0.5, 0.6) is 0 Å². The molecule has 5 heteroatoms. The van der Waals surface area contributed by atoms with Gasteiger partial charge in [-0.15, -0.1) is 0 Å². The third-order valence-electron chi connectivity index (χ3n) is 2.53. The van der Waals surface area contributed by atoms with Crippen LogP contribution >= 0.6 is 0 Å². The maximum Gasteiger partial charge on any atom is 0.336 e. The highest BCUT2D eigenvalue weighted by atomic mass is 16.4. The summed E-state index contributed by atoms with van der Waals surface area (Å²) >= 11 is 0. The normalized spacial score (nSPS) is 11.8. The molecule has 1 aromatic carbocycles. The highest BCUT2D eigenvalue weighted by Crippen LogP contribution is 2.08. The lowest BCUT2D eigenvalue weighted by molar-refractivity contribution is -0.139. The van der Waals surface area contributed by atoms with E-state index in [1.54, 1.807) is 26.0 Å². The maximum atomic E-state index is 10.7. The Morgan fingerprint density at radius 1 is 1.21 bits per heavy atom. The quantitative estimate of drug-likeness (QED) is 0.806. The molecule has 0 aliphatic carbocycles. The number of fused-ring (bicyclic) bond motifs is 1. The fourth-order valence-electron chi connectivity index (χ4n) is 1.30. The minimum Gasteiger partial charge on any atom is -0.480 e. The van der Waals surface area contributed by atoms with Crippen molar-refractivity contribution in [3.05, 3.63) is 46.8 Å². The van der Waals surface area contributed by atoms with Crippen molar-refractivity contribution < 1.29 is 14.3 Å². The number of carboxylic acid groups (broad SMARTS) is 1. The lowest BCUT2D eigenvalue weighted by atomic mass is 10.1. The Hall–Kier alpha value is -2.14. The molecule has 5 nitrogen and oxygen atoms in total. The number of carboxylic acids is 1. The number of aliphatic carboxylic acids is 1. The maximum absolute atomic E-state index is 10.7. The molecule has 0 fully saturated rings. The number of benzene rings is 1. The lowest BCUT2D eigenvalue weighted by Gasteiger charge is -2.07. The van der Waals surface area contributed by atoms with E-state index in [9.17, 15) is 9.59 Å². The fourth-order valence-corrected chi connectivity index (χ4v) is 1.30. The molecule has 1 aromatic heterocycles. The molecule has 0 spiro atoms. The number of para-hydroxylation sites is 1. The Balaban J connectivity index is 0.000000203. The summed E-state index contributed by atoms with van der Waals surface area (Å²) in [5.74, 6) is -0.910. The van der Waals surface area contributed by atoms with Crippen molar-refractivity contribution in [2.45, 2.75) is 19.9 Å². The molecule has 3 N–H and O–H groups in total. The van der Waals surface area contributed by atoms with Crippen molar-refractivity contribution in [2.24, 2.45) is 11.7 Å². The van der Waals surface area contributed by atoms with Crippen LogP contribution in [-0.2, 0) is 4.79 Å². The van der Waals surface area contributed by atoms with Crippen LogP contribution in [0, 0.1) is 5.92 Å². The van der Waals surface area contributed by atoms with Crippen molar-refractivity contribution in [3.8, 4) is 0 Å². The first-order chi connectivity index (χ1) is 8.91. The monoisotopic (exact) mass is 263 g/mol. The van der Waals surface area contributed by atoms with Crippen LogP contribution in [0.15, 0.2) is 45.6 Å². The highest BCUT2D eigenvalue weighted by Gasteiger charge is 2.14. The van der Waals surface area contributed by atoms with Crippen LogP contribution in [0.3, 0.4) is 0 Å². The van der Waals surface area contributed by atoms with Gasteiger partial charge in [0.25, 0.3) is 0 Å². The lowest BCUT2D eigenvalue weighted by Crippen LogP contribution is -2.34. The van der Waals surface area contributed by atoms with Gasteiger partial charge in [0, 0.05) is 11.5 Å². The van der Waals surface area contributed by atoms with E-state index in [1.807, 2.05) is 18.2 Å². The second kappa shape index (κ2) is 6.70. The van der Waals surface area contributed by atoms with E-state index in [1.165, 1.54) is 6.07 Å². The van der Waals surface area contributed by atoms with Crippen molar-refractivity contribution in [1.29, 1.82) is 0 Å². The van der Waals surface area contributed by atoms with Crippen LogP contribution in [-0.4, -0.2) is 17.1 Å². The minimum absolute atomic E-state index is 0.0208. The minimum atomic E-state index is -0.931. The average molecular weight is 263 g/mol. The Morgan fingerprint density at radius 3 is 2.37 bits per heavy atom. The number of hydrogen-bond acceptors (Lipinski definition) is 4. The topological polar surface area (TPSA) is 93.5 Å². The van der Waals surface area contributed by atoms with Crippen molar-refractivity contribution >= 4 is 16.9 Å². The second-order valence-corrected chi connectivity index (χ2v) is 4.40. The predicted molar refractivity (Wildman–Crippen MR) is 72.9 cm³/mol. The summed E-state index contributed by atoms with van der Waals surface area (Å²) in [6, 6.07) is 9.88. The summed E-state index contributed by atoms with van der Waals surface area (Å²) in [7, 11) is 0. The van der Waals surface area contributed by atoms with Gasteiger partial charge in [-0.2, -0.15) is 0 Å². The molecule has 1 atom stereocenters. The Kier molecular flexibility index (Phi) is 5.26. The van der Waals surface area contributed by atoms with Gasteiger partial charge in [0.1, 0.15) is 11.6 Å². The van der Waals surface area contributed by atoms with E-state index in [-0.39, 0.29) is 11.5 Å². The molecule has 0 saturated heterocycles. The summed E-state index contributed by atoms with van der Waals surface area (Å²) < 4.78 is 4.91. The summed E-state index contributed by atoms with van der Waals surface area (Å²) in [6.45, 7) is 3.55. The third kappa shape index (κ3) is 4.56. The molecule has 0 aliphatic heterocycles. The number of rotatable bonds is 2. The van der Waals surface area contributed by atoms with Gasteiger partial charge in [0.2, 0.25) is 0 Å². The van der Waals surface area contributed by atoms with E-state index in [4.69, 9.17) is 15.3 Å². The van der Waals surface area contributed by atoms with Gasteiger partial charge in [0.05, 0.1) is 0 Å². The van der Waals surface area contributed by atoms with E-state index >= 15 is 0 Å². The predicted octanol–water partition coefficient (Wildman–Crippen LogP) is 1.85. The zero-order chi connectivity index (χ0) is 14.4. The van der Waals surface area contributed by atoms with Gasteiger partial charge in [-0.05, 0) is 18.1 Å². The molecule has 0 bridgehead atoms. The molecule has 0 unspecified atom stereocenters. The van der Waals surface area contributed by atoms with Crippen LogP contribution in [0.25, 0.3) is 11.0 Å². The average Bonchev–Trinajstić information content (AvgIpc) is 2.38. The van der Waals surface area contributed by atoms with Gasteiger partial charge in [-0.3, -0.25) is 4.79 Å². The highest BCUT2D eigenvalue weighted by molar-refractivity contribution is 5.75. The van der Waals surface area contributed by atoms with E-state index in [2.05, 4.69) is 0 Å². The van der Waals surface area contributed by atoms with Crippen LogP contribution in [0.4, 0.5) is 0 Å². The SMILES string of the molecule is CC(C)[C@H](N)C(=O)O.O=c1ccc2ccccc2o1.